The van der Waals surface area contributed by atoms with Crippen molar-refractivity contribution in [1.29, 1.82) is 0 Å². The predicted molar refractivity (Wildman–Crippen MR) is 65.5 cm³/mol. The fraction of sp³-hybridized carbons (Fsp3) is 0.889. The summed E-state index contributed by atoms with van der Waals surface area (Å²) in [7, 11) is -3.53. The second-order valence-electron chi connectivity index (χ2n) is 3.79. The van der Waals surface area contributed by atoms with Crippen LogP contribution in [0.25, 0.3) is 0 Å². The molecule has 0 saturated heterocycles. The van der Waals surface area contributed by atoms with Gasteiger partial charge < -0.3 is 15.7 Å². The van der Waals surface area contributed by atoms with E-state index < -0.39 is 15.6 Å². The van der Waals surface area contributed by atoms with Gasteiger partial charge in [0.05, 0.1) is 17.9 Å². The first-order chi connectivity index (χ1) is 7.81. The van der Waals surface area contributed by atoms with Crippen LogP contribution in [0.1, 0.15) is 27.2 Å². The molecule has 1 atom stereocenters. The van der Waals surface area contributed by atoms with Crippen molar-refractivity contribution >= 4 is 15.9 Å². The summed E-state index contributed by atoms with van der Waals surface area (Å²) < 4.78 is 30.8. The Balaban J connectivity index is 4.67. The van der Waals surface area contributed by atoms with Crippen LogP contribution < -0.4 is 10.5 Å². The van der Waals surface area contributed by atoms with Crippen LogP contribution in [0.4, 0.5) is 0 Å². The lowest BCUT2D eigenvalue weighted by Gasteiger charge is -2.27. The summed E-state index contributed by atoms with van der Waals surface area (Å²) in [5.74, 6) is -0.324. The van der Waals surface area contributed by atoms with E-state index in [1.807, 2.05) is 0 Å². The number of amidine groups is 1. The zero-order valence-corrected chi connectivity index (χ0v) is 11.2. The molecule has 8 heteroatoms. The van der Waals surface area contributed by atoms with Gasteiger partial charge in [-0.3, -0.25) is 0 Å². The molecule has 0 rings (SSSR count). The molecule has 0 radical (unpaired) electrons. The number of nitrogens with zero attached hydrogens (tertiary/aromatic N) is 1. The van der Waals surface area contributed by atoms with Crippen molar-refractivity contribution in [2.24, 2.45) is 10.9 Å². The number of nitrogens with two attached hydrogens (primary N) is 1. The van der Waals surface area contributed by atoms with E-state index in [1.165, 1.54) is 0 Å². The van der Waals surface area contributed by atoms with Crippen LogP contribution in [-0.2, 0) is 14.8 Å². The lowest BCUT2D eigenvalue weighted by Crippen LogP contribution is -2.55. The maximum absolute atomic E-state index is 11.7. The van der Waals surface area contributed by atoms with Crippen molar-refractivity contribution < 1.29 is 18.4 Å². The molecule has 1 unspecified atom stereocenters. The molecule has 0 aromatic carbocycles. The summed E-state index contributed by atoms with van der Waals surface area (Å²) in [5, 5.41) is 11.5. The number of oxime groups is 1. The Morgan fingerprint density at radius 2 is 2.12 bits per heavy atom. The third-order valence-electron chi connectivity index (χ3n) is 2.46. The molecular weight excluding hydrogens is 246 g/mol. The highest BCUT2D eigenvalue weighted by molar-refractivity contribution is 7.89. The minimum atomic E-state index is -3.53. The van der Waals surface area contributed by atoms with E-state index in [0.29, 0.717) is 13.0 Å². The van der Waals surface area contributed by atoms with Gasteiger partial charge >= 0.3 is 0 Å². The van der Waals surface area contributed by atoms with Gasteiger partial charge in [0.15, 0.2) is 5.84 Å². The summed E-state index contributed by atoms with van der Waals surface area (Å²) in [6.07, 6.45) is 0.372. The van der Waals surface area contributed by atoms with Gasteiger partial charge in [-0.15, -0.1) is 0 Å². The molecule has 0 heterocycles. The number of nitrogens with one attached hydrogen (secondary N) is 1. The number of sulfonamides is 1. The predicted octanol–water partition coefficient (Wildman–Crippen LogP) is -0.143. The third kappa shape index (κ3) is 5.33. The molecule has 0 fully saturated rings. The maximum atomic E-state index is 11.7. The Morgan fingerprint density at radius 3 is 2.53 bits per heavy atom. The SMILES string of the molecule is CCOCCS(=O)(=O)NC(C)(CC)C(N)=NO. The van der Waals surface area contributed by atoms with Crippen LogP contribution in [0.5, 0.6) is 0 Å². The fourth-order valence-electron chi connectivity index (χ4n) is 1.12. The minimum absolute atomic E-state index is 0.113. The van der Waals surface area contributed by atoms with Gasteiger partial charge in [0.25, 0.3) is 0 Å². The molecule has 0 aromatic heterocycles. The molecule has 0 spiro atoms. The summed E-state index contributed by atoms with van der Waals surface area (Å²) in [6.45, 7) is 5.65. The van der Waals surface area contributed by atoms with Crippen LogP contribution in [0, 0.1) is 0 Å². The van der Waals surface area contributed by atoms with E-state index in [1.54, 1.807) is 20.8 Å². The molecule has 0 aliphatic heterocycles. The van der Waals surface area contributed by atoms with Gasteiger partial charge in [0, 0.05) is 6.61 Å². The Morgan fingerprint density at radius 1 is 1.53 bits per heavy atom. The van der Waals surface area contributed by atoms with Crippen LogP contribution in [0.3, 0.4) is 0 Å². The van der Waals surface area contributed by atoms with E-state index in [2.05, 4.69) is 9.88 Å². The largest absolute Gasteiger partial charge is 0.409 e. The average molecular weight is 267 g/mol. The summed E-state index contributed by atoms with van der Waals surface area (Å²) in [5.41, 5.74) is 4.38. The Kier molecular flexibility index (Phi) is 6.43. The lowest BCUT2D eigenvalue weighted by molar-refractivity contribution is 0.163. The summed E-state index contributed by atoms with van der Waals surface area (Å²) in [6, 6.07) is 0. The Hall–Kier alpha value is -0.860. The van der Waals surface area contributed by atoms with Crippen LogP contribution >= 0.6 is 0 Å². The normalized spacial score (nSPS) is 16.8. The van der Waals surface area contributed by atoms with Gasteiger partial charge in [-0.05, 0) is 20.3 Å². The van der Waals surface area contributed by atoms with Crippen molar-refractivity contribution in [3.63, 3.8) is 0 Å². The molecule has 0 aliphatic rings. The third-order valence-corrected chi connectivity index (χ3v) is 3.93. The monoisotopic (exact) mass is 267 g/mol. The van der Waals surface area contributed by atoms with Crippen molar-refractivity contribution in [3.8, 4) is 0 Å². The zero-order valence-electron chi connectivity index (χ0n) is 10.4. The first-order valence-electron chi connectivity index (χ1n) is 5.38. The standard InChI is InChI=1S/C9H21N3O4S/c1-4-9(3,8(10)11-13)12-17(14,15)7-6-16-5-2/h12-13H,4-7H2,1-3H3,(H2,10,11). The van der Waals surface area contributed by atoms with Crippen LogP contribution in [0.15, 0.2) is 5.16 Å². The van der Waals surface area contributed by atoms with E-state index in [4.69, 9.17) is 15.7 Å². The summed E-state index contributed by atoms with van der Waals surface area (Å²) in [4.78, 5) is 0. The van der Waals surface area contributed by atoms with Crippen LogP contribution in [-0.4, -0.2) is 44.0 Å². The number of ether oxygens (including phenoxy) is 1. The zero-order chi connectivity index (χ0) is 13.5. The van der Waals surface area contributed by atoms with Gasteiger partial charge in [-0.25, -0.2) is 13.1 Å². The van der Waals surface area contributed by atoms with Gasteiger partial charge in [0.2, 0.25) is 10.0 Å². The highest BCUT2D eigenvalue weighted by atomic mass is 32.2. The van der Waals surface area contributed by atoms with E-state index >= 15 is 0 Å². The number of hydrogen-bond acceptors (Lipinski definition) is 5. The molecule has 102 valence electrons. The first kappa shape index (κ1) is 16.1. The van der Waals surface area contributed by atoms with Gasteiger partial charge in [-0.1, -0.05) is 12.1 Å². The lowest BCUT2D eigenvalue weighted by atomic mass is 10.00. The number of hydrogen-bond donors (Lipinski definition) is 3. The highest BCUT2D eigenvalue weighted by Crippen LogP contribution is 2.11. The highest BCUT2D eigenvalue weighted by Gasteiger charge is 2.32. The second-order valence-corrected chi connectivity index (χ2v) is 5.63. The second kappa shape index (κ2) is 6.77. The van der Waals surface area contributed by atoms with Crippen molar-refractivity contribution in [1.82, 2.24) is 4.72 Å². The summed E-state index contributed by atoms with van der Waals surface area (Å²) >= 11 is 0. The first-order valence-corrected chi connectivity index (χ1v) is 7.04. The molecule has 0 aliphatic carbocycles. The van der Waals surface area contributed by atoms with Crippen molar-refractivity contribution in [2.75, 3.05) is 19.0 Å². The molecule has 0 amide bonds. The molecule has 0 aromatic rings. The molecule has 7 nitrogen and oxygen atoms in total. The number of rotatable bonds is 8. The quantitative estimate of drug-likeness (QED) is 0.186. The van der Waals surface area contributed by atoms with Crippen LogP contribution in [0.2, 0.25) is 0 Å². The maximum Gasteiger partial charge on any atom is 0.214 e. The molecule has 0 bridgehead atoms. The minimum Gasteiger partial charge on any atom is -0.409 e. The molecule has 17 heavy (non-hydrogen) atoms. The van der Waals surface area contributed by atoms with Crippen molar-refractivity contribution in [2.45, 2.75) is 32.7 Å². The Labute approximate surface area is 102 Å². The molecular formula is C9H21N3O4S. The van der Waals surface area contributed by atoms with E-state index in [0.717, 1.165) is 0 Å². The van der Waals surface area contributed by atoms with Gasteiger partial charge in [-0.2, -0.15) is 0 Å². The molecule has 4 N–H and O–H groups in total. The molecule has 0 saturated carbocycles. The average Bonchev–Trinajstić information content (AvgIpc) is 2.27. The Bertz CT molecular complexity index is 355. The smallest absolute Gasteiger partial charge is 0.214 e. The fourth-order valence-corrected chi connectivity index (χ4v) is 2.50. The van der Waals surface area contributed by atoms with Gasteiger partial charge in [0.1, 0.15) is 0 Å². The van der Waals surface area contributed by atoms with Crippen molar-refractivity contribution in [3.05, 3.63) is 0 Å². The van der Waals surface area contributed by atoms with E-state index in [9.17, 15) is 8.42 Å². The topological polar surface area (TPSA) is 114 Å². The van der Waals surface area contributed by atoms with E-state index in [-0.39, 0.29) is 18.2 Å².